The number of carbonyl (C=O) groups excluding carboxylic acids is 2. The number of rotatable bonds is 2. The van der Waals surface area contributed by atoms with Crippen molar-refractivity contribution in [2.45, 2.75) is 0 Å². The highest BCUT2D eigenvalue weighted by Crippen LogP contribution is 2.26. The van der Waals surface area contributed by atoms with E-state index in [-0.39, 0.29) is 0 Å². The van der Waals surface area contributed by atoms with Crippen LogP contribution in [0.15, 0.2) is 65.8 Å². The molecule has 1 heterocycles. The number of nitrogens with one attached hydrogen (secondary N) is 1. The second kappa shape index (κ2) is 5.18. The largest absolute Gasteiger partial charge is 0.361 e. The summed E-state index contributed by atoms with van der Waals surface area (Å²) in [5, 5.41) is 1.06. The standard InChI is InChI=1S/C19H12N2O2/c22-18-9-17(14-6-1-2-7-15(14)19(18)23)21-11-12-10-20-16-8-4-3-5-13(12)16/h1-11,20H. The van der Waals surface area contributed by atoms with E-state index in [1.807, 2.05) is 36.5 Å². The lowest BCUT2D eigenvalue weighted by molar-refractivity contribution is -0.111. The van der Waals surface area contributed by atoms with Crippen molar-refractivity contribution in [1.82, 2.24) is 4.98 Å². The number of hydrogen-bond acceptors (Lipinski definition) is 3. The summed E-state index contributed by atoms with van der Waals surface area (Å²) in [5.74, 6) is -1.01. The summed E-state index contributed by atoms with van der Waals surface area (Å²) in [7, 11) is 0. The predicted molar refractivity (Wildman–Crippen MR) is 89.6 cm³/mol. The van der Waals surface area contributed by atoms with Gasteiger partial charge in [0.15, 0.2) is 0 Å². The Labute approximate surface area is 132 Å². The minimum absolute atomic E-state index is 0.408. The normalized spacial score (nSPS) is 14.3. The van der Waals surface area contributed by atoms with Crippen molar-refractivity contribution in [3.05, 3.63) is 77.5 Å². The van der Waals surface area contributed by atoms with Crippen LogP contribution in [0.2, 0.25) is 0 Å². The molecule has 3 aromatic rings. The summed E-state index contributed by atoms with van der Waals surface area (Å²) in [5.41, 5.74) is 3.57. The zero-order valence-corrected chi connectivity index (χ0v) is 12.1. The van der Waals surface area contributed by atoms with Crippen LogP contribution in [0.4, 0.5) is 0 Å². The molecule has 0 saturated carbocycles. The van der Waals surface area contributed by atoms with Crippen LogP contribution in [0.3, 0.4) is 0 Å². The molecular formula is C19H12N2O2. The monoisotopic (exact) mass is 300 g/mol. The number of carbonyl (C=O) groups is 2. The van der Waals surface area contributed by atoms with Gasteiger partial charge >= 0.3 is 0 Å². The zero-order valence-electron chi connectivity index (χ0n) is 12.1. The number of nitrogens with zero attached hydrogens (tertiary/aromatic N) is 1. The van der Waals surface area contributed by atoms with Gasteiger partial charge in [-0.25, -0.2) is 0 Å². The van der Waals surface area contributed by atoms with Gasteiger partial charge in [-0.2, -0.15) is 0 Å². The van der Waals surface area contributed by atoms with Crippen molar-refractivity contribution in [3.8, 4) is 0 Å². The number of benzene rings is 2. The van der Waals surface area contributed by atoms with E-state index in [4.69, 9.17) is 0 Å². The molecule has 2 aromatic carbocycles. The first-order chi connectivity index (χ1) is 11.2. The number of para-hydroxylation sites is 1. The molecule has 0 amide bonds. The molecule has 0 saturated heterocycles. The fourth-order valence-corrected chi connectivity index (χ4v) is 2.75. The van der Waals surface area contributed by atoms with Crippen LogP contribution < -0.4 is 0 Å². The molecule has 23 heavy (non-hydrogen) atoms. The number of fused-ring (bicyclic) bond motifs is 2. The lowest BCUT2D eigenvalue weighted by Crippen LogP contribution is -2.18. The molecule has 1 aliphatic carbocycles. The van der Waals surface area contributed by atoms with E-state index in [1.54, 1.807) is 24.4 Å². The van der Waals surface area contributed by atoms with Gasteiger partial charge in [0.2, 0.25) is 11.6 Å². The fraction of sp³-hybridized carbons (Fsp3) is 0. The predicted octanol–water partition coefficient (Wildman–Crippen LogP) is 3.39. The molecule has 1 N–H and O–H groups in total. The minimum Gasteiger partial charge on any atom is -0.361 e. The minimum atomic E-state index is -0.533. The van der Waals surface area contributed by atoms with E-state index >= 15 is 0 Å². The SMILES string of the molecule is O=C1C=C(N=Cc2c[nH]c3ccccc23)c2ccccc2C1=O. The molecule has 0 atom stereocenters. The molecule has 0 unspecified atom stereocenters. The van der Waals surface area contributed by atoms with Gasteiger partial charge in [0.25, 0.3) is 0 Å². The third-order valence-corrected chi connectivity index (χ3v) is 3.90. The molecule has 0 spiro atoms. The van der Waals surface area contributed by atoms with Crippen LogP contribution >= 0.6 is 0 Å². The maximum atomic E-state index is 11.9. The summed E-state index contributed by atoms with van der Waals surface area (Å²) in [4.78, 5) is 31.4. The molecule has 0 aliphatic heterocycles. The van der Waals surface area contributed by atoms with Crippen LogP contribution in [0.25, 0.3) is 16.6 Å². The van der Waals surface area contributed by atoms with Gasteiger partial charge in [-0.15, -0.1) is 0 Å². The summed E-state index contributed by atoms with van der Waals surface area (Å²) in [6.07, 6.45) is 4.89. The fourth-order valence-electron chi connectivity index (χ4n) is 2.75. The van der Waals surface area contributed by atoms with Crippen LogP contribution in [0.1, 0.15) is 21.5 Å². The molecule has 110 valence electrons. The number of Topliss-reactive ketones (excluding diaryl/α,β-unsaturated/α-hetero) is 1. The van der Waals surface area contributed by atoms with Gasteiger partial charge < -0.3 is 4.98 Å². The first-order valence-electron chi connectivity index (χ1n) is 7.24. The number of ketones is 2. The van der Waals surface area contributed by atoms with Crippen molar-refractivity contribution >= 4 is 34.4 Å². The summed E-state index contributed by atoms with van der Waals surface area (Å²) in [6, 6.07) is 15.0. The molecule has 4 nitrogen and oxygen atoms in total. The number of aromatic amines is 1. The van der Waals surface area contributed by atoms with Crippen LogP contribution in [-0.2, 0) is 4.79 Å². The molecule has 4 rings (SSSR count). The first-order valence-corrected chi connectivity index (χ1v) is 7.24. The molecule has 0 radical (unpaired) electrons. The Morgan fingerprint density at radius 3 is 2.52 bits per heavy atom. The maximum Gasteiger partial charge on any atom is 0.233 e. The Kier molecular flexibility index (Phi) is 3.01. The Hall–Kier alpha value is -3.27. The van der Waals surface area contributed by atoms with Crippen molar-refractivity contribution in [2.24, 2.45) is 4.99 Å². The number of H-pyrrole nitrogens is 1. The van der Waals surface area contributed by atoms with Crippen molar-refractivity contribution in [3.63, 3.8) is 0 Å². The van der Waals surface area contributed by atoms with Gasteiger partial charge in [0.05, 0.1) is 5.70 Å². The van der Waals surface area contributed by atoms with Gasteiger partial charge in [-0.05, 0) is 6.07 Å². The molecule has 1 aliphatic rings. The van der Waals surface area contributed by atoms with E-state index in [2.05, 4.69) is 9.98 Å². The maximum absolute atomic E-state index is 11.9. The van der Waals surface area contributed by atoms with Crippen LogP contribution in [0.5, 0.6) is 0 Å². The lowest BCUT2D eigenvalue weighted by atomic mass is 9.93. The Bertz CT molecular complexity index is 1010. The Morgan fingerprint density at radius 1 is 0.913 bits per heavy atom. The van der Waals surface area contributed by atoms with E-state index in [0.717, 1.165) is 16.5 Å². The molecule has 1 aromatic heterocycles. The molecular weight excluding hydrogens is 288 g/mol. The van der Waals surface area contributed by atoms with Crippen molar-refractivity contribution in [1.29, 1.82) is 0 Å². The van der Waals surface area contributed by atoms with Crippen molar-refractivity contribution < 1.29 is 9.59 Å². The van der Waals surface area contributed by atoms with Crippen molar-refractivity contribution in [2.75, 3.05) is 0 Å². The number of allylic oxidation sites excluding steroid dienone is 1. The highest BCUT2D eigenvalue weighted by molar-refractivity contribution is 6.50. The molecule has 4 heteroatoms. The second-order valence-corrected chi connectivity index (χ2v) is 5.32. The van der Waals surface area contributed by atoms with Gasteiger partial charge in [0, 0.05) is 46.1 Å². The average molecular weight is 300 g/mol. The van der Waals surface area contributed by atoms with Gasteiger partial charge in [0.1, 0.15) is 0 Å². The van der Waals surface area contributed by atoms with Crippen LogP contribution in [-0.4, -0.2) is 22.8 Å². The topological polar surface area (TPSA) is 62.3 Å². The number of aliphatic imine (C=N–C) groups is 1. The first kappa shape index (κ1) is 13.4. The average Bonchev–Trinajstić information content (AvgIpc) is 3.00. The number of hydrogen-bond donors (Lipinski definition) is 1. The van der Waals surface area contributed by atoms with Crippen LogP contribution in [0, 0.1) is 0 Å². The quantitative estimate of drug-likeness (QED) is 0.582. The lowest BCUT2D eigenvalue weighted by Gasteiger charge is -2.12. The third-order valence-electron chi connectivity index (χ3n) is 3.90. The summed E-state index contributed by atoms with van der Waals surface area (Å²) in [6.45, 7) is 0. The zero-order chi connectivity index (χ0) is 15.8. The van der Waals surface area contributed by atoms with E-state index in [1.165, 1.54) is 6.08 Å². The third kappa shape index (κ3) is 2.21. The molecule has 0 bridgehead atoms. The van der Waals surface area contributed by atoms with Gasteiger partial charge in [-0.1, -0.05) is 42.5 Å². The Balaban J connectivity index is 1.78. The highest BCUT2D eigenvalue weighted by Gasteiger charge is 2.24. The molecule has 0 fully saturated rings. The summed E-state index contributed by atoms with van der Waals surface area (Å²) < 4.78 is 0. The number of aromatic nitrogens is 1. The smallest absolute Gasteiger partial charge is 0.233 e. The highest BCUT2D eigenvalue weighted by atomic mass is 16.2. The summed E-state index contributed by atoms with van der Waals surface area (Å²) >= 11 is 0. The second-order valence-electron chi connectivity index (χ2n) is 5.32. The van der Waals surface area contributed by atoms with E-state index in [0.29, 0.717) is 16.8 Å². The van der Waals surface area contributed by atoms with E-state index < -0.39 is 11.6 Å². The van der Waals surface area contributed by atoms with Gasteiger partial charge in [-0.3, -0.25) is 14.6 Å². The van der Waals surface area contributed by atoms with E-state index in [9.17, 15) is 9.59 Å². The Morgan fingerprint density at radius 2 is 1.65 bits per heavy atom.